The molecule has 3 nitrogen and oxygen atoms in total. The lowest BCUT2D eigenvalue weighted by atomic mass is 10.1. The van der Waals surface area contributed by atoms with Crippen molar-refractivity contribution >= 4 is 17.5 Å². The Morgan fingerprint density at radius 1 is 1.15 bits per heavy atom. The van der Waals surface area contributed by atoms with Gasteiger partial charge in [0.1, 0.15) is 0 Å². The molecule has 1 atom stereocenters. The van der Waals surface area contributed by atoms with Crippen LogP contribution in [0.2, 0.25) is 5.02 Å². The summed E-state index contributed by atoms with van der Waals surface area (Å²) in [6.45, 7) is 4.73. The van der Waals surface area contributed by atoms with Crippen LogP contribution in [-0.4, -0.2) is 29.9 Å². The maximum Gasteiger partial charge on any atom is 0.222 e. The number of amides is 1. The molecule has 138 valence electrons. The number of aryl methyl sites for hydroxylation is 1. The molecule has 1 heterocycles. The van der Waals surface area contributed by atoms with Crippen LogP contribution < -0.4 is 5.32 Å². The van der Waals surface area contributed by atoms with Gasteiger partial charge in [0.15, 0.2) is 0 Å². The Hall–Kier alpha value is -1.84. The summed E-state index contributed by atoms with van der Waals surface area (Å²) in [4.78, 5) is 14.3. The molecule has 2 aromatic rings. The Labute approximate surface area is 161 Å². The fourth-order valence-corrected chi connectivity index (χ4v) is 3.75. The highest BCUT2D eigenvalue weighted by atomic mass is 35.5. The molecular formula is C22H27ClN2O. The molecule has 0 bridgehead atoms. The van der Waals surface area contributed by atoms with Gasteiger partial charge in [0.2, 0.25) is 5.91 Å². The van der Waals surface area contributed by atoms with Crippen LogP contribution in [0.4, 0.5) is 0 Å². The van der Waals surface area contributed by atoms with E-state index in [2.05, 4.69) is 41.4 Å². The number of hydrogen-bond acceptors (Lipinski definition) is 2. The second-order valence-electron chi connectivity index (χ2n) is 7.11. The Bertz CT molecular complexity index is 729. The molecule has 2 aromatic carbocycles. The molecule has 0 saturated carbocycles. The molecule has 0 aliphatic carbocycles. The van der Waals surface area contributed by atoms with Gasteiger partial charge in [-0.3, -0.25) is 4.79 Å². The molecule has 1 N–H and O–H groups in total. The zero-order chi connectivity index (χ0) is 18.4. The Kier molecular flexibility index (Phi) is 6.70. The maximum absolute atomic E-state index is 12.2. The number of rotatable bonds is 8. The normalized spacial score (nSPS) is 17.1. The van der Waals surface area contributed by atoms with E-state index < -0.39 is 0 Å². The van der Waals surface area contributed by atoms with E-state index in [1.165, 1.54) is 16.7 Å². The first-order valence-corrected chi connectivity index (χ1v) is 9.80. The van der Waals surface area contributed by atoms with Crippen molar-refractivity contribution in [3.05, 3.63) is 70.2 Å². The molecule has 1 fully saturated rings. The molecule has 1 amide bonds. The minimum Gasteiger partial charge on any atom is -0.339 e. The van der Waals surface area contributed by atoms with E-state index in [-0.39, 0.29) is 0 Å². The van der Waals surface area contributed by atoms with Crippen molar-refractivity contribution in [1.82, 2.24) is 10.2 Å². The number of nitrogens with one attached hydrogen (secondary N) is 1. The van der Waals surface area contributed by atoms with Crippen LogP contribution in [0.1, 0.15) is 36.0 Å². The molecule has 1 aliphatic rings. The molecule has 26 heavy (non-hydrogen) atoms. The molecule has 4 heteroatoms. The molecule has 0 aromatic heterocycles. The van der Waals surface area contributed by atoms with Crippen LogP contribution in [0.3, 0.4) is 0 Å². The van der Waals surface area contributed by atoms with Crippen LogP contribution in [0.15, 0.2) is 48.5 Å². The highest BCUT2D eigenvalue weighted by molar-refractivity contribution is 6.30. The number of likely N-dealkylation sites (tertiary alicyclic amines) is 1. The van der Waals surface area contributed by atoms with Gasteiger partial charge >= 0.3 is 0 Å². The zero-order valence-electron chi connectivity index (χ0n) is 15.4. The third kappa shape index (κ3) is 5.33. The number of nitrogens with zero attached hydrogens (tertiary/aromatic N) is 1. The van der Waals surface area contributed by atoms with E-state index in [1.54, 1.807) is 0 Å². The maximum atomic E-state index is 12.2. The van der Waals surface area contributed by atoms with Gasteiger partial charge in [-0.25, -0.2) is 0 Å². The van der Waals surface area contributed by atoms with Gasteiger partial charge in [0.05, 0.1) is 0 Å². The van der Waals surface area contributed by atoms with Crippen LogP contribution in [0.25, 0.3) is 0 Å². The second kappa shape index (κ2) is 9.20. The van der Waals surface area contributed by atoms with Gasteiger partial charge < -0.3 is 10.2 Å². The largest absolute Gasteiger partial charge is 0.339 e. The standard InChI is InChI=1S/C22H27ClN2O/c1-17-3-2-4-19(15-17)16-24-13-11-21-9-10-22(26)25(21)14-12-18-5-7-20(23)8-6-18/h2-8,15,21,24H,9-14,16H2,1H3/t21-/m1/s1. The second-order valence-corrected chi connectivity index (χ2v) is 7.55. The van der Waals surface area contributed by atoms with Crippen LogP contribution in [0, 0.1) is 6.92 Å². The summed E-state index contributed by atoms with van der Waals surface area (Å²) >= 11 is 5.94. The van der Waals surface area contributed by atoms with Gasteiger partial charge in [0, 0.05) is 30.6 Å². The number of carbonyl (C=O) groups excluding carboxylic acids is 1. The van der Waals surface area contributed by atoms with E-state index in [9.17, 15) is 4.79 Å². The summed E-state index contributed by atoms with van der Waals surface area (Å²) in [7, 11) is 0. The van der Waals surface area contributed by atoms with Crippen molar-refractivity contribution in [3.8, 4) is 0 Å². The van der Waals surface area contributed by atoms with Crippen LogP contribution in [-0.2, 0) is 17.8 Å². The van der Waals surface area contributed by atoms with E-state index in [0.29, 0.717) is 18.4 Å². The summed E-state index contributed by atoms with van der Waals surface area (Å²) in [6.07, 6.45) is 3.56. The predicted molar refractivity (Wildman–Crippen MR) is 107 cm³/mol. The molecule has 1 saturated heterocycles. The SMILES string of the molecule is Cc1cccc(CNCC[C@H]2CCC(=O)N2CCc2ccc(Cl)cc2)c1. The lowest BCUT2D eigenvalue weighted by Gasteiger charge is -2.25. The molecule has 3 rings (SSSR count). The summed E-state index contributed by atoms with van der Waals surface area (Å²) in [5, 5.41) is 4.27. The highest BCUT2D eigenvalue weighted by Gasteiger charge is 2.29. The lowest BCUT2D eigenvalue weighted by molar-refractivity contribution is -0.129. The number of benzene rings is 2. The summed E-state index contributed by atoms with van der Waals surface area (Å²) in [5.41, 5.74) is 3.83. The first-order valence-electron chi connectivity index (χ1n) is 9.42. The van der Waals surface area contributed by atoms with Crippen molar-refractivity contribution in [2.45, 2.75) is 45.2 Å². The van der Waals surface area contributed by atoms with Crippen LogP contribution >= 0.6 is 11.6 Å². The molecule has 1 aliphatic heterocycles. The number of halogens is 1. The van der Waals surface area contributed by atoms with E-state index >= 15 is 0 Å². The van der Waals surface area contributed by atoms with Gasteiger partial charge in [-0.1, -0.05) is 53.6 Å². The molecule has 0 spiro atoms. The predicted octanol–water partition coefficient (Wildman–Crippen LogP) is 4.36. The van der Waals surface area contributed by atoms with Crippen molar-refractivity contribution < 1.29 is 4.79 Å². The smallest absolute Gasteiger partial charge is 0.222 e. The minimum atomic E-state index is 0.294. The van der Waals surface area contributed by atoms with Crippen molar-refractivity contribution in [3.63, 3.8) is 0 Å². The quantitative estimate of drug-likeness (QED) is 0.700. The topological polar surface area (TPSA) is 32.3 Å². The lowest BCUT2D eigenvalue weighted by Crippen LogP contribution is -2.36. The van der Waals surface area contributed by atoms with Crippen molar-refractivity contribution in [1.29, 1.82) is 0 Å². The summed E-state index contributed by atoms with van der Waals surface area (Å²) in [5.74, 6) is 0.294. The van der Waals surface area contributed by atoms with Crippen molar-refractivity contribution in [2.24, 2.45) is 0 Å². The van der Waals surface area contributed by atoms with Gasteiger partial charge in [0.25, 0.3) is 0 Å². The third-order valence-electron chi connectivity index (χ3n) is 5.07. The zero-order valence-corrected chi connectivity index (χ0v) is 16.1. The fourth-order valence-electron chi connectivity index (χ4n) is 3.62. The first-order chi connectivity index (χ1) is 12.6. The van der Waals surface area contributed by atoms with Gasteiger partial charge in [-0.15, -0.1) is 0 Å². The Morgan fingerprint density at radius 3 is 2.73 bits per heavy atom. The van der Waals surface area contributed by atoms with E-state index in [1.807, 2.05) is 24.3 Å². The molecule has 0 unspecified atom stereocenters. The Balaban J connectivity index is 1.44. The number of hydrogen-bond donors (Lipinski definition) is 1. The van der Waals surface area contributed by atoms with Gasteiger partial charge in [-0.05, 0) is 56.0 Å². The highest BCUT2D eigenvalue weighted by Crippen LogP contribution is 2.22. The third-order valence-corrected chi connectivity index (χ3v) is 5.33. The Morgan fingerprint density at radius 2 is 1.96 bits per heavy atom. The summed E-state index contributed by atoms with van der Waals surface area (Å²) in [6, 6.07) is 16.8. The monoisotopic (exact) mass is 370 g/mol. The van der Waals surface area contributed by atoms with Gasteiger partial charge in [-0.2, -0.15) is 0 Å². The summed E-state index contributed by atoms with van der Waals surface area (Å²) < 4.78 is 0. The first kappa shape index (κ1) is 18.9. The molecular weight excluding hydrogens is 344 g/mol. The van der Waals surface area contributed by atoms with E-state index in [0.717, 1.165) is 43.9 Å². The number of carbonyl (C=O) groups is 1. The average Bonchev–Trinajstić information content (AvgIpc) is 2.98. The van der Waals surface area contributed by atoms with E-state index in [4.69, 9.17) is 11.6 Å². The average molecular weight is 371 g/mol. The fraction of sp³-hybridized carbons (Fsp3) is 0.409. The molecule has 0 radical (unpaired) electrons. The van der Waals surface area contributed by atoms with Crippen molar-refractivity contribution in [2.75, 3.05) is 13.1 Å². The van der Waals surface area contributed by atoms with Crippen LogP contribution in [0.5, 0.6) is 0 Å². The minimum absolute atomic E-state index is 0.294.